The Labute approximate surface area is 126 Å². The van der Waals surface area contributed by atoms with Crippen LogP contribution in [0.3, 0.4) is 0 Å². The number of hydrogen-bond donors (Lipinski definition) is 1. The van der Waals surface area contributed by atoms with Crippen molar-refractivity contribution in [3.05, 3.63) is 65.1 Å². The molecule has 2 aliphatic rings. The molecule has 2 aliphatic heterocycles. The summed E-state index contributed by atoms with van der Waals surface area (Å²) in [5.41, 5.74) is 2.74. The van der Waals surface area contributed by atoms with Gasteiger partial charge in [-0.25, -0.2) is 4.98 Å². The second-order valence-electron chi connectivity index (χ2n) is 5.00. The molecule has 2 aromatic rings. The van der Waals surface area contributed by atoms with E-state index in [1.807, 2.05) is 48.5 Å². The minimum atomic E-state index is -0.131. The summed E-state index contributed by atoms with van der Waals surface area (Å²) < 4.78 is 6.84. The summed E-state index contributed by atoms with van der Waals surface area (Å²) in [5.74, 6) is 1.30. The Bertz CT molecular complexity index is 1000. The largest absolute Gasteiger partial charge is 0.497 e. The van der Waals surface area contributed by atoms with Crippen LogP contribution in [0.1, 0.15) is 0 Å². The van der Waals surface area contributed by atoms with E-state index in [1.54, 1.807) is 17.9 Å². The predicted octanol–water partition coefficient (Wildman–Crippen LogP) is 2.83. The number of fused-ring (bicyclic) bond motifs is 3. The maximum absolute atomic E-state index is 12.8. The van der Waals surface area contributed by atoms with Gasteiger partial charge in [-0.1, -0.05) is 24.3 Å². The first-order valence-electron chi connectivity index (χ1n) is 6.91. The number of hydrogen-bond acceptors (Lipinski definition) is 3. The monoisotopic (exact) mass is 291 g/mol. The lowest BCUT2D eigenvalue weighted by Gasteiger charge is -2.05. The van der Waals surface area contributed by atoms with Crippen LogP contribution in [0.15, 0.2) is 59.5 Å². The van der Waals surface area contributed by atoms with E-state index in [2.05, 4.69) is 9.97 Å². The first-order chi connectivity index (χ1) is 10.8. The van der Waals surface area contributed by atoms with Crippen molar-refractivity contribution in [1.82, 2.24) is 14.5 Å². The van der Waals surface area contributed by atoms with Gasteiger partial charge in [-0.3, -0.25) is 9.36 Å². The number of nitrogens with one attached hydrogen (secondary N) is 1. The van der Waals surface area contributed by atoms with Gasteiger partial charge in [-0.2, -0.15) is 0 Å². The van der Waals surface area contributed by atoms with Gasteiger partial charge in [0.25, 0.3) is 5.56 Å². The first kappa shape index (κ1) is 12.6. The van der Waals surface area contributed by atoms with E-state index in [0.29, 0.717) is 17.3 Å². The van der Waals surface area contributed by atoms with E-state index < -0.39 is 0 Å². The molecule has 0 spiro atoms. The summed E-state index contributed by atoms with van der Waals surface area (Å²) in [6.45, 7) is 0. The normalized spacial score (nSPS) is 11.1. The molecule has 4 rings (SSSR count). The molecule has 1 N–H and O–H groups in total. The highest BCUT2D eigenvalue weighted by atomic mass is 16.5. The fraction of sp³-hybridized carbons (Fsp3) is 0.0588. The molecule has 2 aromatic carbocycles. The van der Waals surface area contributed by atoms with Gasteiger partial charge in [-0.05, 0) is 24.3 Å². The van der Waals surface area contributed by atoms with E-state index in [0.717, 1.165) is 16.6 Å². The molecule has 5 heteroatoms. The summed E-state index contributed by atoms with van der Waals surface area (Å²) >= 11 is 0. The van der Waals surface area contributed by atoms with Crippen LogP contribution in [-0.4, -0.2) is 21.6 Å². The summed E-state index contributed by atoms with van der Waals surface area (Å²) in [7, 11) is 1.60. The molecule has 0 amide bonds. The van der Waals surface area contributed by atoms with Crippen LogP contribution in [0.5, 0.6) is 5.75 Å². The average Bonchev–Trinajstić information content (AvgIpc) is 2.92. The van der Waals surface area contributed by atoms with Crippen LogP contribution in [0.2, 0.25) is 0 Å². The van der Waals surface area contributed by atoms with E-state index >= 15 is 0 Å². The van der Waals surface area contributed by atoms with Crippen molar-refractivity contribution in [2.45, 2.75) is 0 Å². The molecule has 0 bridgehead atoms. The van der Waals surface area contributed by atoms with Crippen LogP contribution >= 0.6 is 0 Å². The molecular formula is C17H13N3O2. The zero-order valence-electron chi connectivity index (χ0n) is 11.9. The number of H-pyrrole nitrogens is 1. The standard InChI is InChI=1S/C17H13N3O2/c1-22-12-6-4-5-11(9-12)16-17(21)20-14-8-3-2-7-13(14)18-10-15(20)19-16/h2-10,18H,1H3. The third kappa shape index (κ3) is 1.79. The highest BCUT2D eigenvalue weighted by molar-refractivity contribution is 5.78. The molecule has 0 aromatic heterocycles. The van der Waals surface area contributed by atoms with Crippen molar-refractivity contribution in [2.75, 3.05) is 7.11 Å². The summed E-state index contributed by atoms with van der Waals surface area (Å²) in [5, 5.41) is 0. The Morgan fingerprint density at radius 2 is 2.00 bits per heavy atom. The number of benzene rings is 2. The summed E-state index contributed by atoms with van der Waals surface area (Å²) in [6.07, 6.45) is 1.74. The highest BCUT2D eigenvalue weighted by Crippen LogP contribution is 2.23. The fourth-order valence-corrected chi connectivity index (χ4v) is 2.64. The lowest BCUT2D eigenvalue weighted by atomic mass is 10.1. The van der Waals surface area contributed by atoms with E-state index in [1.165, 1.54) is 0 Å². The van der Waals surface area contributed by atoms with Crippen molar-refractivity contribution < 1.29 is 4.74 Å². The number of aromatic nitrogens is 3. The third-order valence-electron chi connectivity index (χ3n) is 3.71. The lowest BCUT2D eigenvalue weighted by molar-refractivity contribution is 0.415. The van der Waals surface area contributed by atoms with Gasteiger partial charge >= 0.3 is 0 Å². The van der Waals surface area contributed by atoms with Crippen molar-refractivity contribution in [1.29, 1.82) is 0 Å². The topological polar surface area (TPSA) is 59.9 Å². The van der Waals surface area contributed by atoms with E-state index in [4.69, 9.17) is 4.74 Å². The summed E-state index contributed by atoms with van der Waals surface area (Å²) in [4.78, 5) is 20.4. The zero-order chi connectivity index (χ0) is 15.1. The minimum Gasteiger partial charge on any atom is -0.497 e. The second kappa shape index (κ2) is 4.73. The quantitative estimate of drug-likeness (QED) is 0.618. The van der Waals surface area contributed by atoms with Gasteiger partial charge < -0.3 is 9.72 Å². The highest BCUT2D eigenvalue weighted by Gasteiger charge is 2.18. The Balaban J connectivity index is 2.04. The van der Waals surface area contributed by atoms with Gasteiger partial charge in [0, 0.05) is 11.8 Å². The Hall–Kier alpha value is -3.08. The lowest BCUT2D eigenvalue weighted by Crippen LogP contribution is -2.14. The molecule has 0 aliphatic carbocycles. The molecule has 5 nitrogen and oxygen atoms in total. The molecule has 108 valence electrons. The number of rotatable bonds is 2. The maximum atomic E-state index is 12.8. The third-order valence-corrected chi connectivity index (χ3v) is 3.71. The molecule has 0 saturated carbocycles. The van der Waals surface area contributed by atoms with Gasteiger partial charge in [0.05, 0.1) is 18.1 Å². The number of imidazole rings is 1. The Morgan fingerprint density at radius 3 is 2.86 bits per heavy atom. The van der Waals surface area contributed by atoms with Gasteiger partial charge in [0.1, 0.15) is 11.4 Å². The zero-order valence-corrected chi connectivity index (χ0v) is 11.9. The van der Waals surface area contributed by atoms with E-state index in [9.17, 15) is 4.79 Å². The Kier molecular flexibility index (Phi) is 2.72. The van der Waals surface area contributed by atoms with E-state index in [-0.39, 0.29) is 5.56 Å². The van der Waals surface area contributed by atoms with Crippen LogP contribution in [0.25, 0.3) is 28.1 Å². The van der Waals surface area contributed by atoms with Crippen molar-refractivity contribution >= 4 is 11.0 Å². The molecule has 0 saturated heterocycles. The van der Waals surface area contributed by atoms with Crippen molar-refractivity contribution in [3.63, 3.8) is 0 Å². The SMILES string of the molecule is COc1cccc(-c2nc3c[nH]c4ccccc4n-3c2=O)c1. The molecule has 0 radical (unpaired) electrons. The second-order valence-corrected chi connectivity index (χ2v) is 5.00. The molecular weight excluding hydrogens is 278 g/mol. The van der Waals surface area contributed by atoms with Crippen LogP contribution in [0, 0.1) is 0 Å². The van der Waals surface area contributed by atoms with Gasteiger partial charge in [0.15, 0.2) is 5.82 Å². The number of nitrogens with zero attached hydrogens (tertiary/aromatic N) is 2. The van der Waals surface area contributed by atoms with Crippen LogP contribution < -0.4 is 10.3 Å². The molecule has 0 fully saturated rings. The predicted molar refractivity (Wildman–Crippen MR) is 84.9 cm³/mol. The first-order valence-corrected chi connectivity index (χ1v) is 6.91. The summed E-state index contributed by atoms with van der Waals surface area (Å²) in [6, 6.07) is 15.0. The van der Waals surface area contributed by atoms with Gasteiger partial charge in [-0.15, -0.1) is 0 Å². The average molecular weight is 291 g/mol. The maximum Gasteiger partial charge on any atom is 0.283 e. The fourth-order valence-electron chi connectivity index (χ4n) is 2.64. The van der Waals surface area contributed by atoms with Crippen LogP contribution in [0.4, 0.5) is 0 Å². The minimum absolute atomic E-state index is 0.131. The molecule has 0 atom stereocenters. The Morgan fingerprint density at radius 1 is 1.14 bits per heavy atom. The number of ether oxygens (including phenoxy) is 1. The van der Waals surface area contributed by atoms with Crippen molar-refractivity contribution in [2.24, 2.45) is 0 Å². The molecule has 22 heavy (non-hydrogen) atoms. The van der Waals surface area contributed by atoms with Crippen molar-refractivity contribution in [3.8, 4) is 22.8 Å². The molecule has 0 unspecified atom stereocenters. The van der Waals surface area contributed by atoms with Gasteiger partial charge in [0.2, 0.25) is 0 Å². The smallest absolute Gasteiger partial charge is 0.283 e. The molecule has 2 heterocycles. The van der Waals surface area contributed by atoms with Crippen LogP contribution in [-0.2, 0) is 0 Å². The number of methoxy groups -OCH3 is 1. The number of para-hydroxylation sites is 2. The number of aromatic amines is 1.